The van der Waals surface area contributed by atoms with Crippen LogP contribution in [0.15, 0.2) is 54.6 Å². The molecular weight excluding hydrogens is 382 g/mol. The highest BCUT2D eigenvalue weighted by Crippen LogP contribution is 2.29. The van der Waals surface area contributed by atoms with E-state index in [-0.39, 0.29) is 30.9 Å². The summed E-state index contributed by atoms with van der Waals surface area (Å²) in [6, 6.07) is 15.9. The number of halogens is 1. The summed E-state index contributed by atoms with van der Waals surface area (Å²) in [7, 11) is 0. The van der Waals surface area contributed by atoms with Crippen LogP contribution in [0.5, 0.6) is 5.75 Å². The number of benzene rings is 2. The maximum absolute atomic E-state index is 12.1. The lowest BCUT2D eigenvalue weighted by atomic mass is 10.0. The SMILES string of the molecule is O=C(COc1ccc(Cl)cc1)Nc1nc2n(n1)C(c1ccccc1)CC(=O)N2. The molecule has 2 heterocycles. The van der Waals surface area contributed by atoms with Crippen LogP contribution in [-0.2, 0) is 9.59 Å². The molecule has 2 aromatic carbocycles. The van der Waals surface area contributed by atoms with Crippen LogP contribution in [0.25, 0.3) is 0 Å². The molecule has 0 fully saturated rings. The van der Waals surface area contributed by atoms with Gasteiger partial charge in [-0.3, -0.25) is 20.2 Å². The molecule has 1 aliphatic rings. The largest absolute Gasteiger partial charge is 0.484 e. The molecule has 0 radical (unpaired) electrons. The number of aromatic nitrogens is 3. The van der Waals surface area contributed by atoms with Gasteiger partial charge in [0.2, 0.25) is 11.9 Å². The van der Waals surface area contributed by atoms with E-state index in [2.05, 4.69) is 20.7 Å². The maximum Gasteiger partial charge on any atom is 0.264 e. The van der Waals surface area contributed by atoms with Gasteiger partial charge >= 0.3 is 0 Å². The van der Waals surface area contributed by atoms with Gasteiger partial charge in [0.15, 0.2) is 6.61 Å². The molecule has 0 spiro atoms. The molecule has 28 heavy (non-hydrogen) atoms. The van der Waals surface area contributed by atoms with E-state index in [0.717, 1.165) is 5.56 Å². The van der Waals surface area contributed by atoms with E-state index in [9.17, 15) is 9.59 Å². The summed E-state index contributed by atoms with van der Waals surface area (Å²) in [5.74, 6) is 0.341. The molecule has 2 N–H and O–H groups in total. The van der Waals surface area contributed by atoms with E-state index in [4.69, 9.17) is 16.3 Å². The van der Waals surface area contributed by atoms with Gasteiger partial charge in [0.1, 0.15) is 5.75 Å². The third-order valence-electron chi connectivity index (χ3n) is 4.18. The number of nitrogens with zero attached hydrogens (tertiary/aromatic N) is 3. The Labute approximate surface area is 165 Å². The fourth-order valence-corrected chi connectivity index (χ4v) is 3.02. The molecule has 1 atom stereocenters. The molecule has 8 nitrogen and oxygen atoms in total. The zero-order chi connectivity index (χ0) is 19.5. The number of amides is 2. The smallest absolute Gasteiger partial charge is 0.264 e. The zero-order valence-electron chi connectivity index (χ0n) is 14.6. The van der Waals surface area contributed by atoms with Crippen molar-refractivity contribution in [3.8, 4) is 5.75 Å². The predicted molar refractivity (Wildman–Crippen MR) is 103 cm³/mol. The first-order valence-corrected chi connectivity index (χ1v) is 8.96. The highest BCUT2D eigenvalue weighted by Gasteiger charge is 2.29. The average Bonchev–Trinajstić information content (AvgIpc) is 3.09. The number of rotatable bonds is 5. The summed E-state index contributed by atoms with van der Waals surface area (Å²) in [5.41, 5.74) is 0.937. The Balaban J connectivity index is 1.46. The van der Waals surface area contributed by atoms with E-state index in [1.807, 2.05) is 30.3 Å². The molecule has 9 heteroatoms. The van der Waals surface area contributed by atoms with Crippen molar-refractivity contribution in [1.82, 2.24) is 14.8 Å². The molecule has 0 aliphatic carbocycles. The number of ether oxygens (including phenoxy) is 1. The van der Waals surface area contributed by atoms with Gasteiger partial charge in [-0.05, 0) is 29.8 Å². The number of carbonyl (C=O) groups is 2. The van der Waals surface area contributed by atoms with Gasteiger partial charge < -0.3 is 4.74 Å². The van der Waals surface area contributed by atoms with Crippen LogP contribution in [0.1, 0.15) is 18.0 Å². The number of hydrogen-bond acceptors (Lipinski definition) is 5. The number of hydrogen-bond donors (Lipinski definition) is 2. The summed E-state index contributed by atoms with van der Waals surface area (Å²) in [5, 5.41) is 10.2. The molecule has 0 saturated carbocycles. The third kappa shape index (κ3) is 3.96. The van der Waals surface area contributed by atoms with E-state index in [0.29, 0.717) is 16.7 Å². The molecule has 1 aromatic heterocycles. The molecule has 0 bridgehead atoms. The Kier molecular flexibility index (Phi) is 4.94. The molecule has 1 unspecified atom stereocenters. The van der Waals surface area contributed by atoms with Crippen molar-refractivity contribution in [3.05, 3.63) is 65.2 Å². The van der Waals surface area contributed by atoms with Gasteiger partial charge in [0.05, 0.1) is 12.5 Å². The van der Waals surface area contributed by atoms with Crippen molar-refractivity contribution in [3.63, 3.8) is 0 Å². The standard InChI is InChI=1S/C19H16ClN5O3/c20-13-6-8-14(9-7-13)28-11-17(27)21-18-23-19-22-16(26)10-15(25(19)24-18)12-4-2-1-3-5-12/h1-9,15H,10-11H2,(H2,21,22,23,24,26,27). The minimum atomic E-state index is -0.416. The van der Waals surface area contributed by atoms with E-state index < -0.39 is 5.91 Å². The highest BCUT2D eigenvalue weighted by atomic mass is 35.5. The van der Waals surface area contributed by atoms with Crippen LogP contribution < -0.4 is 15.4 Å². The lowest BCUT2D eigenvalue weighted by Gasteiger charge is -2.23. The topological polar surface area (TPSA) is 98.1 Å². The van der Waals surface area contributed by atoms with Gasteiger partial charge in [-0.25, -0.2) is 4.68 Å². The van der Waals surface area contributed by atoms with Crippen LogP contribution in [-0.4, -0.2) is 33.2 Å². The maximum atomic E-state index is 12.1. The van der Waals surface area contributed by atoms with Gasteiger partial charge in [0, 0.05) is 5.02 Å². The van der Waals surface area contributed by atoms with Crippen molar-refractivity contribution in [1.29, 1.82) is 0 Å². The minimum Gasteiger partial charge on any atom is -0.484 e. The number of nitrogens with one attached hydrogen (secondary N) is 2. The molecule has 142 valence electrons. The molecule has 4 rings (SSSR count). The monoisotopic (exact) mass is 397 g/mol. The Morgan fingerprint density at radius 2 is 1.96 bits per heavy atom. The fraction of sp³-hybridized carbons (Fsp3) is 0.158. The van der Waals surface area contributed by atoms with E-state index in [1.54, 1.807) is 28.9 Å². The number of carbonyl (C=O) groups excluding carboxylic acids is 2. The van der Waals surface area contributed by atoms with Crippen LogP contribution in [0.4, 0.5) is 11.9 Å². The Morgan fingerprint density at radius 1 is 1.21 bits per heavy atom. The highest BCUT2D eigenvalue weighted by molar-refractivity contribution is 6.30. The van der Waals surface area contributed by atoms with Gasteiger partial charge in [0.25, 0.3) is 11.9 Å². The van der Waals surface area contributed by atoms with Crippen molar-refractivity contribution < 1.29 is 14.3 Å². The second-order valence-corrected chi connectivity index (χ2v) is 6.61. The first kappa shape index (κ1) is 18.0. The number of anilines is 2. The summed E-state index contributed by atoms with van der Waals surface area (Å²) in [6.45, 7) is -0.208. The first-order chi connectivity index (χ1) is 13.6. The van der Waals surface area contributed by atoms with Gasteiger partial charge in [-0.2, -0.15) is 4.98 Å². The summed E-state index contributed by atoms with van der Waals surface area (Å²) in [6.07, 6.45) is 0.243. The average molecular weight is 398 g/mol. The minimum absolute atomic E-state index is 0.0998. The van der Waals surface area contributed by atoms with E-state index >= 15 is 0 Å². The fourth-order valence-electron chi connectivity index (χ4n) is 2.89. The lowest BCUT2D eigenvalue weighted by Crippen LogP contribution is -2.29. The van der Waals surface area contributed by atoms with Crippen molar-refractivity contribution >= 4 is 35.3 Å². The first-order valence-electron chi connectivity index (χ1n) is 8.58. The summed E-state index contributed by atoms with van der Waals surface area (Å²) >= 11 is 5.81. The van der Waals surface area contributed by atoms with Crippen LogP contribution in [0.3, 0.4) is 0 Å². The van der Waals surface area contributed by atoms with Gasteiger partial charge in [-0.1, -0.05) is 41.9 Å². The third-order valence-corrected chi connectivity index (χ3v) is 4.43. The van der Waals surface area contributed by atoms with Gasteiger partial charge in [-0.15, -0.1) is 5.10 Å². The zero-order valence-corrected chi connectivity index (χ0v) is 15.4. The summed E-state index contributed by atoms with van der Waals surface area (Å²) < 4.78 is 7.01. The van der Waals surface area contributed by atoms with Crippen molar-refractivity contribution in [2.24, 2.45) is 0 Å². The molecular formula is C19H16ClN5O3. The Morgan fingerprint density at radius 3 is 2.71 bits per heavy atom. The quantitative estimate of drug-likeness (QED) is 0.689. The second-order valence-electron chi connectivity index (χ2n) is 6.17. The predicted octanol–water partition coefficient (Wildman–Crippen LogP) is 2.88. The molecule has 2 amide bonds. The molecule has 0 saturated heterocycles. The number of fused-ring (bicyclic) bond motifs is 1. The Bertz CT molecular complexity index is 1000. The second kappa shape index (κ2) is 7.69. The molecule has 3 aromatic rings. The van der Waals surface area contributed by atoms with Crippen LogP contribution in [0, 0.1) is 0 Å². The molecule has 1 aliphatic heterocycles. The van der Waals surface area contributed by atoms with Crippen LogP contribution >= 0.6 is 11.6 Å². The van der Waals surface area contributed by atoms with Crippen molar-refractivity contribution in [2.75, 3.05) is 17.2 Å². The lowest BCUT2D eigenvalue weighted by molar-refractivity contribution is -0.118. The summed E-state index contributed by atoms with van der Waals surface area (Å²) in [4.78, 5) is 28.4. The normalized spacial score (nSPS) is 15.5. The van der Waals surface area contributed by atoms with Crippen molar-refractivity contribution in [2.45, 2.75) is 12.5 Å². The van der Waals surface area contributed by atoms with E-state index in [1.165, 1.54) is 0 Å². The van der Waals surface area contributed by atoms with Crippen LogP contribution in [0.2, 0.25) is 5.02 Å². The Hall–Kier alpha value is -3.39.